The first kappa shape index (κ1) is 13.8. The van der Waals surface area contributed by atoms with E-state index in [1.807, 2.05) is 0 Å². The standard InChI is InChI=1S/C10H15NO5S/c1-14-8-4-7(6-16-11)10(15-2)9(5-8)17(3,12)13/h4-5H,6,11H2,1-3H3. The molecule has 0 atom stereocenters. The molecule has 0 aliphatic carbocycles. The molecule has 0 radical (unpaired) electrons. The Hall–Kier alpha value is -1.31. The molecule has 0 aliphatic heterocycles. The summed E-state index contributed by atoms with van der Waals surface area (Å²) in [6, 6.07) is 3.01. The van der Waals surface area contributed by atoms with E-state index in [1.165, 1.54) is 20.3 Å². The molecule has 1 aromatic carbocycles. The number of hydrogen-bond donors (Lipinski definition) is 1. The van der Waals surface area contributed by atoms with Crippen molar-refractivity contribution in [1.29, 1.82) is 0 Å². The van der Waals surface area contributed by atoms with Gasteiger partial charge in [-0.25, -0.2) is 14.3 Å². The molecule has 6 nitrogen and oxygen atoms in total. The molecule has 0 spiro atoms. The van der Waals surface area contributed by atoms with Crippen LogP contribution in [0, 0.1) is 0 Å². The summed E-state index contributed by atoms with van der Waals surface area (Å²) in [4.78, 5) is 4.55. The average Bonchev–Trinajstić information content (AvgIpc) is 2.27. The van der Waals surface area contributed by atoms with Crippen molar-refractivity contribution < 1.29 is 22.7 Å². The van der Waals surface area contributed by atoms with E-state index in [0.717, 1.165) is 6.26 Å². The van der Waals surface area contributed by atoms with E-state index in [2.05, 4.69) is 4.84 Å². The van der Waals surface area contributed by atoms with E-state index in [0.29, 0.717) is 11.3 Å². The summed E-state index contributed by atoms with van der Waals surface area (Å²) >= 11 is 0. The Kier molecular flexibility index (Phi) is 4.33. The third kappa shape index (κ3) is 3.09. The van der Waals surface area contributed by atoms with Crippen molar-refractivity contribution in [1.82, 2.24) is 0 Å². The Balaban J connectivity index is 3.50. The van der Waals surface area contributed by atoms with Crippen molar-refractivity contribution >= 4 is 9.84 Å². The minimum atomic E-state index is -3.42. The first-order valence-electron chi connectivity index (χ1n) is 4.70. The first-order chi connectivity index (χ1) is 7.93. The topological polar surface area (TPSA) is 87.8 Å². The average molecular weight is 261 g/mol. The van der Waals surface area contributed by atoms with E-state index in [4.69, 9.17) is 15.4 Å². The molecular weight excluding hydrogens is 246 g/mol. The first-order valence-corrected chi connectivity index (χ1v) is 6.59. The molecule has 17 heavy (non-hydrogen) atoms. The van der Waals surface area contributed by atoms with E-state index in [-0.39, 0.29) is 17.3 Å². The molecule has 0 bridgehead atoms. The number of methoxy groups -OCH3 is 2. The van der Waals surface area contributed by atoms with Crippen LogP contribution in [0.2, 0.25) is 0 Å². The fourth-order valence-corrected chi connectivity index (χ4v) is 2.34. The van der Waals surface area contributed by atoms with Gasteiger partial charge in [-0.15, -0.1) is 0 Å². The van der Waals surface area contributed by atoms with Crippen molar-refractivity contribution in [3.63, 3.8) is 0 Å². The Morgan fingerprint density at radius 1 is 1.24 bits per heavy atom. The minimum absolute atomic E-state index is 0.0306. The van der Waals surface area contributed by atoms with Crippen LogP contribution in [0.5, 0.6) is 11.5 Å². The highest BCUT2D eigenvalue weighted by molar-refractivity contribution is 7.90. The maximum absolute atomic E-state index is 11.6. The van der Waals surface area contributed by atoms with Gasteiger partial charge in [-0.1, -0.05) is 0 Å². The number of ether oxygens (including phenoxy) is 2. The quantitative estimate of drug-likeness (QED) is 0.776. The van der Waals surface area contributed by atoms with Gasteiger partial charge in [-0.05, 0) is 6.07 Å². The van der Waals surface area contributed by atoms with Crippen LogP contribution < -0.4 is 15.4 Å². The van der Waals surface area contributed by atoms with Gasteiger partial charge in [0.05, 0.1) is 20.8 Å². The lowest BCUT2D eigenvalue weighted by Crippen LogP contribution is -2.07. The van der Waals surface area contributed by atoms with Gasteiger partial charge in [0.1, 0.15) is 16.4 Å². The summed E-state index contributed by atoms with van der Waals surface area (Å²) in [5.41, 5.74) is 0.509. The molecule has 2 N–H and O–H groups in total. The summed E-state index contributed by atoms with van der Waals surface area (Å²) < 4.78 is 33.4. The lowest BCUT2D eigenvalue weighted by Gasteiger charge is -2.13. The largest absolute Gasteiger partial charge is 0.497 e. The van der Waals surface area contributed by atoms with Crippen LogP contribution in [0.25, 0.3) is 0 Å². The summed E-state index contributed by atoms with van der Waals surface area (Å²) in [7, 11) is -0.590. The molecule has 0 fully saturated rings. The fourth-order valence-electron chi connectivity index (χ4n) is 1.45. The minimum Gasteiger partial charge on any atom is -0.497 e. The molecule has 1 aromatic rings. The van der Waals surface area contributed by atoms with Crippen molar-refractivity contribution in [2.45, 2.75) is 11.5 Å². The Morgan fingerprint density at radius 2 is 1.88 bits per heavy atom. The summed E-state index contributed by atoms with van der Waals surface area (Å²) in [5.74, 6) is 5.61. The van der Waals surface area contributed by atoms with Crippen molar-refractivity contribution in [2.24, 2.45) is 5.90 Å². The van der Waals surface area contributed by atoms with E-state index in [9.17, 15) is 8.42 Å². The van der Waals surface area contributed by atoms with Gasteiger partial charge in [0.2, 0.25) is 0 Å². The maximum Gasteiger partial charge on any atom is 0.179 e. The molecule has 0 unspecified atom stereocenters. The summed E-state index contributed by atoms with van der Waals surface area (Å²) in [6.07, 6.45) is 1.09. The summed E-state index contributed by atoms with van der Waals surface area (Å²) in [6.45, 7) is 0.0306. The number of sulfone groups is 1. The van der Waals surface area contributed by atoms with E-state index < -0.39 is 9.84 Å². The molecule has 0 saturated carbocycles. The normalized spacial score (nSPS) is 11.3. The van der Waals surface area contributed by atoms with Crippen molar-refractivity contribution in [3.05, 3.63) is 17.7 Å². The molecule has 0 aromatic heterocycles. The highest BCUT2D eigenvalue weighted by Gasteiger charge is 2.19. The maximum atomic E-state index is 11.6. The predicted octanol–water partition coefficient (Wildman–Crippen LogP) is 0.498. The third-order valence-corrected chi connectivity index (χ3v) is 3.29. The smallest absolute Gasteiger partial charge is 0.179 e. The van der Waals surface area contributed by atoms with Crippen LogP contribution in [-0.4, -0.2) is 28.9 Å². The molecule has 0 heterocycles. The second-order valence-corrected chi connectivity index (χ2v) is 5.39. The fraction of sp³-hybridized carbons (Fsp3) is 0.400. The Morgan fingerprint density at radius 3 is 2.29 bits per heavy atom. The molecular formula is C10H15NO5S. The van der Waals surface area contributed by atoms with Crippen molar-refractivity contribution in [3.8, 4) is 11.5 Å². The van der Waals surface area contributed by atoms with Gasteiger partial charge in [0.15, 0.2) is 9.84 Å². The zero-order valence-corrected chi connectivity index (χ0v) is 10.7. The molecule has 7 heteroatoms. The van der Waals surface area contributed by atoms with Crippen LogP contribution in [0.15, 0.2) is 17.0 Å². The third-order valence-electron chi connectivity index (χ3n) is 2.18. The zero-order valence-electron chi connectivity index (χ0n) is 9.89. The second kappa shape index (κ2) is 5.35. The van der Waals surface area contributed by atoms with Crippen LogP contribution in [-0.2, 0) is 21.3 Å². The van der Waals surface area contributed by atoms with Gasteiger partial charge in [-0.3, -0.25) is 4.84 Å². The lowest BCUT2D eigenvalue weighted by molar-refractivity contribution is 0.121. The number of hydrogen-bond acceptors (Lipinski definition) is 6. The zero-order chi connectivity index (χ0) is 13.1. The number of nitrogens with two attached hydrogens (primary N) is 1. The SMILES string of the molecule is COc1cc(CON)c(OC)c(S(C)(=O)=O)c1. The molecule has 0 saturated heterocycles. The molecule has 0 amide bonds. The highest BCUT2D eigenvalue weighted by Crippen LogP contribution is 2.33. The van der Waals surface area contributed by atoms with Crippen LogP contribution in [0.4, 0.5) is 0 Å². The predicted molar refractivity (Wildman–Crippen MR) is 61.6 cm³/mol. The van der Waals surface area contributed by atoms with Crippen molar-refractivity contribution in [2.75, 3.05) is 20.5 Å². The van der Waals surface area contributed by atoms with Gasteiger partial charge >= 0.3 is 0 Å². The lowest BCUT2D eigenvalue weighted by atomic mass is 10.2. The monoisotopic (exact) mass is 261 g/mol. The number of rotatable bonds is 5. The number of benzene rings is 1. The van der Waals surface area contributed by atoms with E-state index >= 15 is 0 Å². The Labute approximate surface area is 100 Å². The second-order valence-electron chi connectivity index (χ2n) is 3.40. The Bertz CT molecular complexity index is 498. The van der Waals surface area contributed by atoms with Crippen LogP contribution >= 0.6 is 0 Å². The van der Waals surface area contributed by atoms with Gasteiger partial charge < -0.3 is 9.47 Å². The van der Waals surface area contributed by atoms with Crippen LogP contribution in [0.1, 0.15) is 5.56 Å². The highest BCUT2D eigenvalue weighted by atomic mass is 32.2. The van der Waals surface area contributed by atoms with Gasteiger partial charge in [-0.2, -0.15) is 0 Å². The molecule has 96 valence electrons. The molecule has 1 rings (SSSR count). The van der Waals surface area contributed by atoms with Crippen LogP contribution in [0.3, 0.4) is 0 Å². The summed E-state index contributed by atoms with van der Waals surface area (Å²) in [5, 5.41) is 0. The molecule has 0 aliphatic rings. The van der Waals surface area contributed by atoms with Gasteiger partial charge in [0, 0.05) is 17.9 Å². The van der Waals surface area contributed by atoms with E-state index in [1.54, 1.807) is 6.07 Å². The van der Waals surface area contributed by atoms with Gasteiger partial charge in [0.25, 0.3) is 0 Å².